The van der Waals surface area contributed by atoms with Crippen LogP contribution in [0.1, 0.15) is 56.9 Å². The van der Waals surface area contributed by atoms with Gasteiger partial charge in [0.15, 0.2) is 0 Å². The van der Waals surface area contributed by atoms with Crippen molar-refractivity contribution in [2.45, 2.75) is 56.9 Å². The Labute approximate surface area is 123 Å². The van der Waals surface area contributed by atoms with Crippen molar-refractivity contribution in [3.05, 3.63) is 29.8 Å². The van der Waals surface area contributed by atoms with Crippen molar-refractivity contribution in [3.63, 3.8) is 0 Å². The van der Waals surface area contributed by atoms with E-state index in [4.69, 9.17) is 4.74 Å². The van der Waals surface area contributed by atoms with E-state index in [1.54, 1.807) is 7.11 Å². The molecule has 1 aliphatic carbocycles. The molecule has 1 saturated carbocycles. The zero-order chi connectivity index (χ0) is 13.8. The lowest BCUT2D eigenvalue weighted by Crippen LogP contribution is -3.19. The van der Waals surface area contributed by atoms with Gasteiger partial charge in [-0.15, -0.1) is 0 Å². The fraction of sp³-hybridized carbons (Fsp3) is 0.667. The van der Waals surface area contributed by atoms with E-state index in [9.17, 15) is 0 Å². The molecule has 2 fully saturated rings. The minimum Gasteiger partial charge on any atom is -0.497 e. The Morgan fingerprint density at radius 1 is 0.950 bits per heavy atom. The number of hydrogen-bond donors (Lipinski definition) is 1. The molecule has 2 nitrogen and oxygen atoms in total. The van der Waals surface area contributed by atoms with Crippen molar-refractivity contribution in [3.8, 4) is 5.75 Å². The van der Waals surface area contributed by atoms with Gasteiger partial charge in [-0.3, -0.25) is 0 Å². The largest absolute Gasteiger partial charge is 0.497 e. The molecule has 1 aromatic rings. The van der Waals surface area contributed by atoms with E-state index < -0.39 is 0 Å². The number of ether oxygens (including phenoxy) is 1. The zero-order valence-electron chi connectivity index (χ0n) is 12.8. The van der Waals surface area contributed by atoms with Gasteiger partial charge in [0.1, 0.15) is 11.3 Å². The van der Waals surface area contributed by atoms with Gasteiger partial charge in [0, 0.05) is 18.4 Å². The van der Waals surface area contributed by atoms with Crippen LogP contribution in [0.2, 0.25) is 0 Å². The van der Waals surface area contributed by atoms with Crippen LogP contribution in [0, 0.1) is 0 Å². The molecule has 0 bridgehead atoms. The molecule has 0 amide bonds. The van der Waals surface area contributed by atoms with Gasteiger partial charge in [-0.2, -0.15) is 0 Å². The monoisotopic (exact) mass is 274 g/mol. The van der Waals surface area contributed by atoms with Gasteiger partial charge in [0.2, 0.25) is 0 Å². The summed E-state index contributed by atoms with van der Waals surface area (Å²) < 4.78 is 5.47. The van der Waals surface area contributed by atoms with Gasteiger partial charge in [0.25, 0.3) is 0 Å². The molecule has 1 heterocycles. The molecule has 1 saturated heterocycles. The standard InChI is InChI=1S/C18H27NO/c1-20-17-10-8-9-16(15-17)18(11-4-2-5-12-18)19-13-6-3-7-14-19/h8-10,15H,2-7,11-14H2,1H3/p+1. The average Bonchev–Trinajstić information content (AvgIpc) is 2.56. The van der Waals surface area contributed by atoms with Crippen molar-refractivity contribution in [2.75, 3.05) is 20.2 Å². The van der Waals surface area contributed by atoms with E-state index in [1.807, 2.05) is 4.90 Å². The number of piperidine rings is 1. The molecule has 2 heteroatoms. The van der Waals surface area contributed by atoms with Crippen molar-refractivity contribution in [1.82, 2.24) is 0 Å². The van der Waals surface area contributed by atoms with E-state index in [0.717, 1.165) is 5.75 Å². The van der Waals surface area contributed by atoms with Gasteiger partial charge < -0.3 is 9.64 Å². The predicted octanol–water partition coefficient (Wildman–Crippen LogP) is 2.92. The molecule has 0 atom stereocenters. The Balaban J connectivity index is 1.95. The molecule has 0 radical (unpaired) electrons. The van der Waals surface area contributed by atoms with E-state index >= 15 is 0 Å². The summed E-state index contributed by atoms with van der Waals surface area (Å²) in [6.45, 7) is 2.72. The fourth-order valence-electron chi connectivity index (χ4n) is 4.38. The van der Waals surface area contributed by atoms with Crippen LogP contribution in [0.25, 0.3) is 0 Å². The maximum atomic E-state index is 5.47. The number of rotatable bonds is 3. The molecule has 0 aromatic heterocycles. The van der Waals surface area contributed by atoms with Crippen molar-refractivity contribution in [1.29, 1.82) is 0 Å². The number of nitrogens with one attached hydrogen (secondary N) is 1. The number of benzene rings is 1. The maximum absolute atomic E-state index is 5.47. The first-order valence-corrected chi connectivity index (χ1v) is 8.35. The fourth-order valence-corrected chi connectivity index (χ4v) is 4.38. The third-order valence-electron chi connectivity index (χ3n) is 5.46. The van der Waals surface area contributed by atoms with E-state index in [2.05, 4.69) is 24.3 Å². The van der Waals surface area contributed by atoms with E-state index in [0.29, 0.717) is 5.54 Å². The Hall–Kier alpha value is -1.02. The summed E-state index contributed by atoms with van der Waals surface area (Å²) in [7, 11) is 1.78. The van der Waals surface area contributed by atoms with Crippen LogP contribution in [0.3, 0.4) is 0 Å². The average molecular weight is 274 g/mol. The van der Waals surface area contributed by atoms with Crippen molar-refractivity contribution >= 4 is 0 Å². The smallest absolute Gasteiger partial charge is 0.123 e. The molecule has 1 aromatic carbocycles. The maximum Gasteiger partial charge on any atom is 0.123 e. The predicted molar refractivity (Wildman–Crippen MR) is 82.3 cm³/mol. The summed E-state index contributed by atoms with van der Waals surface area (Å²) in [6.07, 6.45) is 11.1. The summed E-state index contributed by atoms with van der Waals surface area (Å²) in [5.74, 6) is 1.02. The number of quaternary nitrogens is 1. The van der Waals surface area contributed by atoms with Crippen LogP contribution in [0.5, 0.6) is 5.75 Å². The first-order chi connectivity index (χ1) is 9.85. The molecule has 110 valence electrons. The highest BCUT2D eigenvalue weighted by atomic mass is 16.5. The van der Waals surface area contributed by atoms with Gasteiger partial charge >= 0.3 is 0 Å². The summed E-state index contributed by atoms with van der Waals surface area (Å²) in [5.41, 5.74) is 1.89. The second-order valence-corrected chi connectivity index (χ2v) is 6.54. The zero-order valence-corrected chi connectivity index (χ0v) is 12.8. The molecule has 20 heavy (non-hydrogen) atoms. The molecular weight excluding hydrogens is 246 g/mol. The van der Waals surface area contributed by atoms with Crippen molar-refractivity contribution in [2.24, 2.45) is 0 Å². The summed E-state index contributed by atoms with van der Waals surface area (Å²) in [4.78, 5) is 1.84. The highest BCUT2D eigenvalue weighted by Crippen LogP contribution is 2.36. The minimum absolute atomic E-state index is 0.368. The molecule has 2 aliphatic rings. The van der Waals surface area contributed by atoms with Gasteiger partial charge in [-0.25, -0.2) is 0 Å². The molecule has 1 N–H and O–H groups in total. The summed E-state index contributed by atoms with van der Waals surface area (Å²) >= 11 is 0. The van der Waals surface area contributed by atoms with Crippen LogP contribution in [0.4, 0.5) is 0 Å². The Morgan fingerprint density at radius 2 is 1.65 bits per heavy atom. The van der Waals surface area contributed by atoms with Gasteiger partial charge in [-0.05, 0) is 44.2 Å². The minimum atomic E-state index is 0.368. The molecular formula is C18H28NO+. The molecule has 0 unspecified atom stereocenters. The molecule has 3 rings (SSSR count). The highest BCUT2D eigenvalue weighted by molar-refractivity contribution is 5.32. The lowest BCUT2D eigenvalue weighted by molar-refractivity contribution is -0.967. The SMILES string of the molecule is COc1cccc(C2([NH+]3CCCCC3)CCCCC2)c1. The second-order valence-electron chi connectivity index (χ2n) is 6.54. The first-order valence-electron chi connectivity index (χ1n) is 8.35. The van der Waals surface area contributed by atoms with Crippen molar-refractivity contribution < 1.29 is 9.64 Å². The quantitative estimate of drug-likeness (QED) is 0.895. The third-order valence-corrected chi connectivity index (χ3v) is 5.46. The van der Waals surface area contributed by atoms with Crippen LogP contribution >= 0.6 is 0 Å². The van der Waals surface area contributed by atoms with Crippen LogP contribution in [0.15, 0.2) is 24.3 Å². The number of methoxy groups -OCH3 is 1. The summed E-state index contributed by atoms with van der Waals surface area (Å²) in [6, 6.07) is 8.89. The molecule has 0 spiro atoms. The number of likely N-dealkylation sites (tertiary alicyclic amines) is 1. The summed E-state index contributed by atoms with van der Waals surface area (Å²) in [5, 5.41) is 0. The van der Waals surface area contributed by atoms with Crippen LogP contribution in [-0.2, 0) is 5.54 Å². The van der Waals surface area contributed by atoms with E-state index in [-0.39, 0.29) is 0 Å². The lowest BCUT2D eigenvalue weighted by atomic mass is 9.74. The number of hydrogen-bond acceptors (Lipinski definition) is 1. The Kier molecular flexibility index (Phi) is 4.30. The van der Waals surface area contributed by atoms with Gasteiger partial charge in [-0.1, -0.05) is 18.6 Å². The van der Waals surface area contributed by atoms with Crippen LogP contribution in [-0.4, -0.2) is 20.2 Å². The normalized spacial score (nSPS) is 23.4. The molecule has 1 aliphatic heterocycles. The van der Waals surface area contributed by atoms with Gasteiger partial charge in [0.05, 0.1) is 20.2 Å². The topological polar surface area (TPSA) is 13.7 Å². The van der Waals surface area contributed by atoms with E-state index in [1.165, 1.54) is 70.0 Å². The Morgan fingerprint density at radius 3 is 2.35 bits per heavy atom. The first kappa shape index (κ1) is 13.9. The Bertz CT molecular complexity index is 431. The lowest BCUT2D eigenvalue weighted by Gasteiger charge is -2.45. The second kappa shape index (κ2) is 6.17. The highest BCUT2D eigenvalue weighted by Gasteiger charge is 2.43. The van der Waals surface area contributed by atoms with Crippen LogP contribution < -0.4 is 9.64 Å². The third kappa shape index (κ3) is 2.58.